The summed E-state index contributed by atoms with van der Waals surface area (Å²) in [6.07, 6.45) is -2.88. The number of rotatable bonds is 2. The Morgan fingerprint density at radius 3 is 2.50 bits per heavy atom. The number of nitrogens with zero attached hydrogens (tertiary/aromatic N) is 2. The van der Waals surface area contributed by atoms with Crippen LogP contribution in [0.3, 0.4) is 0 Å². The number of pyridine rings is 2. The monoisotopic (exact) mass is 271 g/mol. The molecule has 0 atom stereocenters. The predicted molar refractivity (Wildman–Crippen MR) is 62.0 cm³/mol. The van der Waals surface area contributed by atoms with E-state index in [0.717, 1.165) is 23.9 Å². The third kappa shape index (κ3) is 3.13. The van der Waals surface area contributed by atoms with E-state index in [1.54, 1.807) is 24.4 Å². The van der Waals surface area contributed by atoms with Crippen LogP contribution in [-0.4, -0.2) is 9.97 Å². The summed E-state index contributed by atoms with van der Waals surface area (Å²) in [5.41, 5.74) is 4.55. The van der Waals surface area contributed by atoms with Crippen molar-refractivity contribution < 1.29 is 13.2 Å². The largest absolute Gasteiger partial charge is 0.416 e. The van der Waals surface area contributed by atoms with Crippen LogP contribution in [0.1, 0.15) is 5.56 Å². The van der Waals surface area contributed by atoms with Gasteiger partial charge in [-0.15, -0.1) is 0 Å². The zero-order valence-corrected chi connectivity index (χ0v) is 9.79. The van der Waals surface area contributed by atoms with E-state index in [0.29, 0.717) is 5.03 Å². The number of nitrogen functional groups attached to an aromatic ring is 1. The van der Waals surface area contributed by atoms with Gasteiger partial charge >= 0.3 is 6.18 Å². The van der Waals surface area contributed by atoms with Crippen molar-refractivity contribution in [3.8, 4) is 0 Å². The van der Waals surface area contributed by atoms with Crippen LogP contribution in [-0.2, 0) is 6.18 Å². The molecule has 2 N–H and O–H groups in total. The molecule has 0 aromatic carbocycles. The van der Waals surface area contributed by atoms with E-state index in [2.05, 4.69) is 9.97 Å². The van der Waals surface area contributed by atoms with Gasteiger partial charge in [0.05, 0.1) is 5.56 Å². The molecular weight excluding hydrogens is 263 g/mol. The molecule has 18 heavy (non-hydrogen) atoms. The lowest BCUT2D eigenvalue weighted by atomic mass is 10.2. The van der Waals surface area contributed by atoms with Gasteiger partial charge in [0.25, 0.3) is 0 Å². The third-order valence-electron chi connectivity index (χ3n) is 2.00. The summed E-state index contributed by atoms with van der Waals surface area (Å²) < 4.78 is 37.7. The molecule has 2 aromatic rings. The van der Waals surface area contributed by atoms with Gasteiger partial charge in [0.15, 0.2) is 0 Å². The second kappa shape index (κ2) is 4.85. The van der Waals surface area contributed by atoms with Gasteiger partial charge < -0.3 is 5.73 Å². The molecule has 7 heteroatoms. The molecule has 0 bridgehead atoms. The predicted octanol–water partition coefficient (Wildman–Crippen LogP) is 3.23. The Kier molecular flexibility index (Phi) is 3.42. The van der Waals surface area contributed by atoms with Crippen molar-refractivity contribution in [1.82, 2.24) is 9.97 Å². The number of aromatic nitrogens is 2. The minimum absolute atomic E-state index is 0.164. The molecule has 0 aliphatic rings. The summed E-state index contributed by atoms with van der Waals surface area (Å²) in [5.74, 6) is -0.164. The van der Waals surface area contributed by atoms with Gasteiger partial charge in [0.2, 0.25) is 0 Å². The minimum Gasteiger partial charge on any atom is -0.384 e. The Morgan fingerprint density at radius 2 is 1.89 bits per heavy atom. The molecule has 2 aromatic heterocycles. The second-order valence-electron chi connectivity index (χ2n) is 3.39. The lowest BCUT2D eigenvalue weighted by Gasteiger charge is -2.09. The number of alkyl halides is 3. The van der Waals surface area contributed by atoms with Gasteiger partial charge in [0.1, 0.15) is 15.9 Å². The topological polar surface area (TPSA) is 51.8 Å². The molecule has 0 amide bonds. The highest BCUT2D eigenvalue weighted by atomic mass is 32.2. The van der Waals surface area contributed by atoms with Crippen LogP contribution >= 0.6 is 11.8 Å². The van der Waals surface area contributed by atoms with Gasteiger partial charge in [0, 0.05) is 6.20 Å². The van der Waals surface area contributed by atoms with Crippen molar-refractivity contribution in [3.63, 3.8) is 0 Å². The number of anilines is 1. The van der Waals surface area contributed by atoms with E-state index < -0.39 is 11.7 Å². The van der Waals surface area contributed by atoms with E-state index in [1.807, 2.05) is 0 Å². The molecule has 0 unspecified atom stereocenters. The molecule has 0 spiro atoms. The van der Waals surface area contributed by atoms with Crippen molar-refractivity contribution in [3.05, 3.63) is 42.1 Å². The van der Waals surface area contributed by atoms with Crippen LogP contribution in [0, 0.1) is 0 Å². The van der Waals surface area contributed by atoms with Crippen molar-refractivity contribution in [2.75, 3.05) is 5.73 Å². The van der Waals surface area contributed by atoms with Gasteiger partial charge in [-0.3, -0.25) is 0 Å². The number of nitrogens with two attached hydrogens (primary N) is 1. The van der Waals surface area contributed by atoms with Gasteiger partial charge in [-0.2, -0.15) is 13.2 Å². The highest BCUT2D eigenvalue weighted by Crippen LogP contribution is 2.33. The Labute approximate surface area is 105 Å². The maximum atomic E-state index is 12.6. The van der Waals surface area contributed by atoms with E-state index >= 15 is 0 Å². The summed E-state index contributed by atoms with van der Waals surface area (Å²) in [6, 6.07) is 6.91. The van der Waals surface area contributed by atoms with Gasteiger partial charge in [-0.25, -0.2) is 9.97 Å². The van der Waals surface area contributed by atoms with Crippen LogP contribution in [0.25, 0.3) is 0 Å². The van der Waals surface area contributed by atoms with Crippen molar-refractivity contribution >= 4 is 17.6 Å². The zero-order valence-electron chi connectivity index (χ0n) is 8.98. The molecule has 94 valence electrons. The van der Waals surface area contributed by atoms with Crippen LogP contribution in [0.2, 0.25) is 0 Å². The van der Waals surface area contributed by atoms with E-state index in [1.165, 1.54) is 0 Å². The first-order valence-corrected chi connectivity index (χ1v) is 5.70. The molecule has 2 rings (SSSR count). The summed E-state index contributed by atoms with van der Waals surface area (Å²) in [4.78, 5) is 7.84. The average Bonchev–Trinajstić information content (AvgIpc) is 2.28. The molecular formula is C11H8F3N3S. The summed E-state index contributed by atoms with van der Waals surface area (Å²) in [5, 5.41) is 0.727. The Balaban J connectivity index is 2.32. The van der Waals surface area contributed by atoms with Crippen LogP contribution in [0.5, 0.6) is 0 Å². The number of hydrogen-bond acceptors (Lipinski definition) is 4. The maximum absolute atomic E-state index is 12.6. The van der Waals surface area contributed by atoms with Crippen molar-refractivity contribution in [2.24, 2.45) is 0 Å². The van der Waals surface area contributed by atoms with Crippen molar-refractivity contribution in [1.29, 1.82) is 0 Å². The molecule has 0 radical (unpaired) electrons. The van der Waals surface area contributed by atoms with Crippen LogP contribution < -0.4 is 5.73 Å². The smallest absolute Gasteiger partial charge is 0.384 e. The van der Waals surface area contributed by atoms with E-state index in [4.69, 9.17) is 5.73 Å². The van der Waals surface area contributed by atoms with E-state index in [-0.39, 0.29) is 10.8 Å². The molecule has 3 nitrogen and oxygen atoms in total. The zero-order chi connectivity index (χ0) is 13.2. The maximum Gasteiger partial charge on any atom is 0.416 e. The molecule has 0 fully saturated rings. The lowest BCUT2D eigenvalue weighted by Crippen LogP contribution is -2.07. The van der Waals surface area contributed by atoms with Gasteiger partial charge in [-0.1, -0.05) is 17.8 Å². The first kappa shape index (κ1) is 12.7. The summed E-state index contributed by atoms with van der Waals surface area (Å²) in [6.45, 7) is 0. The lowest BCUT2D eigenvalue weighted by molar-refractivity contribution is -0.137. The molecule has 2 heterocycles. The Morgan fingerprint density at radius 1 is 1.11 bits per heavy atom. The highest BCUT2D eigenvalue weighted by molar-refractivity contribution is 7.99. The molecule has 0 saturated carbocycles. The van der Waals surface area contributed by atoms with Crippen LogP contribution in [0.4, 0.5) is 19.0 Å². The SMILES string of the molecule is Nc1cc(C(F)(F)F)cc(Sc2ccccn2)n1. The molecule has 0 aliphatic carbocycles. The van der Waals surface area contributed by atoms with E-state index in [9.17, 15) is 13.2 Å². The first-order chi connectivity index (χ1) is 8.45. The average molecular weight is 271 g/mol. The molecule has 0 saturated heterocycles. The van der Waals surface area contributed by atoms with Crippen molar-refractivity contribution in [2.45, 2.75) is 16.2 Å². The van der Waals surface area contributed by atoms with Gasteiger partial charge in [-0.05, 0) is 24.3 Å². The quantitative estimate of drug-likeness (QED) is 0.911. The Bertz CT molecular complexity index is 543. The summed E-state index contributed by atoms with van der Waals surface area (Å²) >= 11 is 1.03. The first-order valence-electron chi connectivity index (χ1n) is 4.89. The Hall–Kier alpha value is -1.76. The van der Waals surface area contributed by atoms with Crippen LogP contribution in [0.15, 0.2) is 46.6 Å². The fourth-order valence-electron chi connectivity index (χ4n) is 1.26. The minimum atomic E-state index is -4.43. The highest BCUT2D eigenvalue weighted by Gasteiger charge is 2.31. The third-order valence-corrected chi connectivity index (χ3v) is 2.86. The fourth-order valence-corrected chi connectivity index (χ4v) is 2.07. The number of hydrogen-bond donors (Lipinski definition) is 1. The molecule has 0 aliphatic heterocycles. The fraction of sp³-hybridized carbons (Fsp3) is 0.0909. The number of halogens is 3. The standard InChI is InChI=1S/C11H8F3N3S/c12-11(13,14)7-5-8(15)17-10(6-7)18-9-3-1-2-4-16-9/h1-6H,(H2,15,17). The second-order valence-corrected chi connectivity index (χ2v) is 4.43. The normalized spacial score (nSPS) is 11.5. The summed E-state index contributed by atoms with van der Waals surface area (Å²) in [7, 11) is 0.